The van der Waals surface area contributed by atoms with Crippen molar-refractivity contribution in [2.45, 2.75) is 0 Å². The van der Waals surface area contributed by atoms with Gasteiger partial charge in [-0.3, -0.25) is 8.51 Å². The lowest BCUT2D eigenvalue weighted by molar-refractivity contribution is 0.0693. The summed E-state index contributed by atoms with van der Waals surface area (Å²) in [5, 5.41) is 29.0. The molecule has 0 amide bonds. The predicted octanol–water partition coefficient (Wildman–Crippen LogP) is 3.46. The van der Waals surface area contributed by atoms with E-state index in [0.717, 1.165) is 27.8 Å². The molecule has 0 bridgehead atoms. The largest absolute Gasteiger partial charge is 0.755 e. The van der Waals surface area contributed by atoms with Gasteiger partial charge in [0.1, 0.15) is 22.1 Å². The lowest BCUT2D eigenvalue weighted by Gasteiger charge is -2.25. The van der Waals surface area contributed by atoms with E-state index in [1.807, 2.05) is 0 Å². The maximum absolute atomic E-state index is 11.7. The van der Waals surface area contributed by atoms with E-state index in [2.05, 4.69) is 0 Å². The zero-order chi connectivity index (χ0) is 18.8. The lowest BCUT2D eigenvalue weighted by atomic mass is 10.1. The van der Waals surface area contributed by atoms with Gasteiger partial charge in [0.25, 0.3) is 0 Å². The summed E-state index contributed by atoms with van der Waals surface area (Å²) in [6.07, 6.45) is 0. The number of rotatable bonds is 5. The van der Waals surface area contributed by atoms with Crippen LogP contribution in [-0.2, 0) is 11.3 Å². The van der Waals surface area contributed by atoms with E-state index in [0.29, 0.717) is 15.4 Å². The van der Waals surface area contributed by atoms with Crippen LogP contribution in [0.1, 0.15) is 10.4 Å². The zero-order valence-electron chi connectivity index (χ0n) is 13.0. The van der Waals surface area contributed by atoms with E-state index in [4.69, 9.17) is 5.11 Å². The molecule has 0 saturated carbocycles. The van der Waals surface area contributed by atoms with Gasteiger partial charge < -0.3 is 19.9 Å². The Hall–Kier alpha value is -2.88. The third-order valence-corrected chi connectivity index (χ3v) is 5.48. The average molecular weight is 390 g/mol. The molecule has 3 aromatic rings. The van der Waals surface area contributed by atoms with Crippen LogP contribution in [0.2, 0.25) is 0 Å². The highest BCUT2D eigenvalue weighted by Crippen LogP contribution is 2.41. The van der Waals surface area contributed by atoms with Gasteiger partial charge >= 0.3 is 5.97 Å². The number of phenolic OH excluding ortho intramolecular Hbond substituents is 1. The fraction of sp³-hybridized carbons (Fsp3) is 0. The normalized spacial score (nSPS) is 11.9. The van der Waals surface area contributed by atoms with Crippen LogP contribution in [0.3, 0.4) is 0 Å². The summed E-state index contributed by atoms with van der Waals surface area (Å²) in [4.78, 5) is 11.6. The molecular formula is C17H12NO6S2-. The minimum Gasteiger partial charge on any atom is -0.755 e. The molecule has 7 nitrogen and oxygen atoms in total. The van der Waals surface area contributed by atoms with E-state index < -0.39 is 23.0 Å². The maximum Gasteiger partial charge on any atom is 0.339 e. The average Bonchev–Trinajstić information content (AvgIpc) is 3.04. The van der Waals surface area contributed by atoms with Gasteiger partial charge in [-0.05, 0) is 36.4 Å². The van der Waals surface area contributed by atoms with Crippen molar-refractivity contribution in [3.05, 3.63) is 60.2 Å². The van der Waals surface area contributed by atoms with Gasteiger partial charge in [0.15, 0.2) is 0 Å². The summed E-state index contributed by atoms with van der Waals surface area (Å²) >= 11 is -1.58. The summed E-state index contributed by atoms with van der Waals surface area (Å²) in [5.74, 6) is -1.79. The van der Waals surface area contributed by atoms with E-state index in [-0.39, 0.29) is 17.0 Å². The van der Waals surface area contributed by atoms with E-state index >= 15 is 0 Å². The first-order chi connectivity index (χ1) is 12.4. The van der Waals surface area contributed by atoms with Crippen molar-refractivity contribution < 1.29 is 28.9 Å². The van der Waals surface area contributed by atoms with E-state index in [9.17, 15) is 23.8 Å². The Morgan fingerprint density at radius 1 is 1.04 bits per heavy atom. The number of para-hydroxylation sites is 1. The summed E-state index contributed by atoms with van der Waals surface area (Å²) in [6, 6.07) is 13.4. The topological polar surface area (TPSA) is 121 Å². The van der Waals surface area contributed by atoms with Crippen molar-refractivity contribution in [1.82, 2.24) is 0 Å². The van der Waals surface area contributed by atoms with Crippen LogP contribution in [0.5, 0.6) is 11.5 Å². The SMILES string of the molecule is O=C(O)c1ccc(N(c2ccc(-c3ccccc3O)s2)S(=O)[O-])cc1O. The summed E-state index contributed by atoms with van der Waals surface area (Å²) in [6.45, 7) is 0. The van der Waals surface area contributed by atoms with E-state index in [1.54, 1.807) is 30.3 Å². The number of carboxylic acid groups (broad SMARTS) is 1. The Labute approximate surface area is 154 Å². The number of thiophene rings is 1. The molecule has 9 heteroatoms. The van der Waals surface area contributed by atoms with Crippen LogP contribution in [0.4, 0.5) is 10.7 Å². The minimum absolute atomic E-state index is 0.0687. The molecule has 0 saturated heterocycles. The fourth-order valence-corrected chi connectivity index (χ4v) is 4.13. The fourth-order valence-electron chi connectivity index (χ4n) is 2.38. The molecule has 0 spiro atoms. The molecule has 1 aromatic heterocycles. The number of hydrogen-bond acceptors (Lipinski definition) is 6. The Bertz CT molecular complexity index is 1000. The molecule has 1 unspecified atom stereocenters. The molecular weight excluding hydrogens is 378 g/mol. The van der Waals surface area contributed by atoms with Crippen LogP contribution in [0, 0.1) is 0 Å². The first kappa shape index (κ1) is 17.9. The van der Waals surface area contributed by atoms with Crippen LogP contribution in [-0.4, -0.2) is 30.1 Å². The number of carboxylic acids is 1. The molecule has 0 fully saturated rings. The van der Waals surface area contributed by atoms with Crippen molar-refractivity contribution in [1.29, 1.82) is 0 Å². The van der Waals surface area contributed by atoms with E-state index in [1.165, 1.54) is 12.1 Å². The second-order valence-electron chi connectivity index (χ2n) is 5.17. The number of nitrogens with zero attached hydrogens (tertiary/aromatic N) is 1. The molecule has 26 heavy (non-hydrogen) atoms. The van der Waals surface area contributed by atoms with Crippen LogP contribution in [0.25, 0.3) is 10.4 Å². The van der Waals surface area contributed by atoms with Crippen molar-refractivity contribution >= 4 is 39.3 Å². The Morgan fingerprint density at radius 3 is 2.38 bits per heavy atom. The van der Waals surface area contributed by atoms with Gasteiger partial charge in [0.05, 0.1) is 17.0 Å². The van der Waals surface area contributed by atoms with Gasteiger partial charge in [-0.2, -0.15) is 0 Å². The third-order valence-electron chi connectivity index (χ3n) is 3.56. The van der Waals surface area contributed by atoms with Crippen molar-refractivity contribution in [3.8, 4) is 21.9 Å². The van der Waals surface area contributed by atoms with Gasteiger partial charge in [-0.15, -0.1) is 11.3 Å². The van der Waals surface area contributed by atoms with Gasteiger partial charge in [0, 0.05) is 16.5 Å². The monoisotopic (exact) mass is 390 g/mol. The third kappa shape index (κ3) is 3.40. The summed E-state index contributed by atoms with van der Waals surface area (Å²) in [7, 11) is 0. The highest BCUT2D eigenvalue weighted by molar-refractivity contribution is 7.81. The highest BCUT2D eigenvalue weighted by atomic mass is 32.2. The molecule has 1 heterocycles. The quantitative estimate of drug-likeness (QED) is 0.574. The standard InChI is InChI=1S/C17H13NO6S2/c19-13-4-2-1-3-11(13)15-7-8-16(25-15)18(26(23)24)10-5-6-12(17(21)22)14(20)9-10/h1-9,19-20H,(H,21,22)(H,23,24)/p-1. The van der Waals surface area contributed by atoms with Crippen molar-refractivity contribution in [3.63, 3.8) is 0 Å². The Kier molecular flexibility index (Phi) is 4.94. The first-order valence-corrected chi connectivity index (χ1v) is 9.07. The number of carbonyl (C=O) groups is 1. The first-order valence-electron chi connectivity index (χ1n) is 7.22. The minimum atomic E-state index is -2.71. The summed E-state index contributed by atoms with van der Waals surface area (Å²) in [5.41, 5.74) is 0.322. The number of anilines is 2. The zero-order valence-corrected chi connectivity index (χ0v) is 14.7. The molecule has 0 radical (unpaired) electrons. The number of aromatic hydroxyl groups is 2. The molecule has 134 valence electrons. The molecule has 1 atom stereocenters. The smallest absolute Gasteiger partial charge is 0.339 e. The second kappa shape index (κ2) is 7.16. The Morgan fingerprint density at radius 2 is 1.77 bits per heavy atom. The second-order valence-corrected chi connectivity index (χ2v) is 7.03. The number of benzene rings is 2. The Balaban J connectivity index is 2.02. The number of aromatic carboxylic acids is 1. The molecule has 0 aliphatic carbocycles. The van der Waals surface area contributed by atoms with Crippen LogP contribution >= 0.6 is 11.3 Å². The number of hydrogen-bond donors (Lipinski definition) is 3. The molecule has 0 aliphatic rings. The maximum atomic E-state index is 11.7. The number of phenols is 2. The predicted molar refractivity (Wildman–Crippen MR) is 97.5 cm³/mol. The van der Waals surface area contributed by atoms with Gasteiger partial charge in [0.2, 0.25) is 0 Å². The van der Waals surface area contributed by atoms with Crippen LogP contribution < -0.4 is 4.31 Å². The van der Waals surface area contributed by atoms with Crippen LogP contribution in [0.15, 0.2) is 54.6 Å². The molecule has 3 N–H and O–H groups in total. The highest BCUT2D eigenvalue weighted by Gasteiger charge is 2.18. The lowest BCUT2D eigenvalue weighted by Crippen LogP contribution is -2.18. The molecule has 2 aromatic carbocycles. The van der Waals surface area contributed by atoms with Gasteiger partial charge in [-0.1, -0.05) is 12.1 Å². The van der Waals surface area contributed by atoms with Crippen molar-refractivity contribution in [2.75, 3.05) is 4.31 Å². The van der Waals surface area contributed by atoms with Crippen molar-refractivity contribution in [2.24, 2.45) is 0 Å². The summed E-state index contributed by atoms with van der Waals surface area (Å²) < 4.78 is 24.4. The van der Waals surface area contributed by atoms with Gasteiger partial charge in [-0.25, -0.2) is 4.79 Å². The molecule has 3 rings (SSSR count). The molecule has 0 aliphatic heterocycles.